The van der Waals surface area contributed by atoms with Crippen molar-refractivity contribution in [3.05, 3.63) is 22.7 Å². The summed E-state index contributed by atoms with van der Waals surface area (Å²) >= 11 is 6.02. The van der Waals surface area contributed by atoms with Crippen molar-refractivity contribution >= 4 is 27.3 Å². The number of nitriles is 1. The molecule has 0 heterocycles. The first-order valence-corrected chi connectivity index (χ1v) is 7.83. The Morgan fingerprint density at radius 3 is 2.60 bits per heavy atom. The van der Waals surface area contributed by atoms with Gasteiger partial charge in [0, 0.05) is 6.54 Å². The van der Waals surface area contributed by atoms with E-state index >= 15 is 0 Å². The molecule has 0 aliphatic heterocycles. The molecule has 0 saturated carbocycles. The minimum atomic E-state index is -3.88. The summed E-state index contributed by atoms with van der Waals surface area (Å²) in [6.07, 6.45) is 0.866. The van der Waals surface area contributed by atoms with E-state index in [1.54, 1.807) is 0 Å². The monoisotopic (exact) mass is 316 g/mol. The lowest BCUT2D eigenvalue weighted by molar-refractivity contribution is 0.405. The summed E-state index contributed by atoms with van der Waals surface area (Å²) in [6, 6.07) is 4.38. The Morgan fingerprint density at radius 2 is 2.10 bits per heavy atom. The number of anilines is 1. The first kappa shape index (κ1) is 16.7. The van der Waals surface area contributed by atoms with E-state index in [1.165, 1.54) is 12.1 Å². The van der Waals surface area contributed by atoms with Crippen LogP contribution in [0.25, 0.3) is 0 Å². The number of halogens is 1. The third-order valence-corrected chi connectivity index (χ3v) is 3.79. The normalized spacial score (nSPS) is 11.4. The van der Waals surface area contributed by atoms with Gasteiger partial charge >= 0.3 is 0 Å². The number of primary sulfonamides is 1. The maximum absolute atomic E-state index is 11.3. The van der Waals surface area contributed by atoms with Gasteiger partial charge in [-0.15, -0.1) is 0 Å². The molecule has 6 nitrogen and oxygen atoms in total. The molecule has 20 heavy (non-hydrogen) atoms. The van der Waals surface area contributed by atoms with Crippen LogP contribution in [-0.4, -0.2) is 40.5 Å². The predicted octanol–water partition coefficient (Wildman–Crippen LogP) is 1.22. The molecule has 0 fully saturated rings. The summed E-state index contributed by atoms with van der Waals surface area (Å²) in [5.41, 5.74) is 0.590. The van der Waals surface area contributed by atoms with Gasteiger partial charge in [0.15, 0.2) is 0 Å². The van der Waals surface area contributed by atoms with Crippen molar-refractivity contribution in [3.63, 3.8) is 0 Å². The molecule has 0 atom stereocenters. The van der Waals surface area contributed by atoms with Crippen molar-refractivity contribution in [1.82, 2.24) is 4.90 Å². The van der Waals surface area contributed by atoms with Gasteiger partial charge in [-0.1, -0.05) is 11.6 Å². The second-order valence-electron chi connectivity index (χ2n) is 4.57. The molecule has 8 heteroatoms. The Morgan fingerprint density at radius 1 is 1.45 bits per heavy atom. The summed E-state index contributed by atoms with van der Waals surface area (Å²) in [4.78, 5) is 1.87. The number of benzene rings is 1. The van der Waals surface area contributed by atoms with Crippen LogP contribution < -0.4 is 10.5 Å². The summed E-state index contributed by atoms with van der Waals surface area (Å²) in [5.74, 6) is 0. The van der Waals surface area contributed by atoms with Crippen LogP contribution in [0.2, 0.25) is 5.02 Å². The molecule has 0 aliphatic rings. The molecule has 0 spiro atoms. The van der Waals surface area contributed by atoms with Crippen molar-refractivity contribution in [2.75, 3.05) is 32.5 Å². The van der Waals surface area contributed by atoms with Crippen LogP contribution in [0.4, 0.5) is 5.69 Å². The molecule has 1 aromatic carbocycles. The quantitative estimate of drug-likeness (QED) is 0.769. The van der Waals surface area contributed by atoms with E-state index in [9.17, 15) is 8.42 Å². The van der Waals surface area contributed by atoms with Gasteiger partial charge < -0.3 is 10.2 Å². The molecule has 0 aromatic heterocycles. The SMILES string of the molecule is CN(C)CCCNc1c(Cl)cc(S(N)(=O)=O)cc1C#N. The highest BCUT2D eigenvalue weighted by Crippen LogP contribution is 2.29. The molecule has 1 aromatic rings. The van der Waals surface area contributed by atoms with Gasteiger partial charge in [-0.2, -0.15) is 5.26 Å². The van der Waals surface area contributed by atoms with Gasteiger partial charge in [0.25, 0.3) is 0 Å². The molecule has 0 unspecified atom stereocenters. The number of hydrogen-bond donors (Lipinski definition) is 2. The van der Waals surface area contributed by atoms with Gasteiger partial charge in [-0.25, -0.2) is 13.6 Å². The number of sulfonamides is 1. The fourth-order valence-corrected chi connectivity index (χ4v) is 2.54. The standard InChI is InChI=1S/C12H17ClN4O2S/c1-17(2)5-3-4-16-12-9(8-14)6-10(7-11(12)13)20(15,18)19/h6-7,16H,3-5H2,1-2H3,(H2,15,18,19). The average molecular weight is 317 g/mol. The zero-order valence-electron chi connectivity index (χ0n) is 11.4. The Balaban J connectivity index is 2.95. The van der Waals surface area contributed by atoms with Gasteiger partial charge in [0.1, 0.15) is 6.07 Å². The molecule has 1 rings (SSSR count). The molecule has 0 aliphatic carbocycles. The highest BCUT2D eigenvalue weighted by Gasteiger charge is 2.15. The van der Waals surface area contributed by atoms with E-state index in [0.717, 1.165) is 13.0 Å². The van der Waals surface area contributed by atoms with Crippen LogP contribution >= 0.6 is 11.6 Å². The van der Waals surface area contributed by atoms with E-state index in [0.29, 0.717) is 12.2 Å². The second-order valence-corrected chi connectivity index (χ2v) is 6.54. The molecular weight excluding hydrogens is 300 g/mol. The van der Waals surface area contributed by atoms with Crippen LogP contribution in [-0.2, 0) is 10.0 Å². The zero-order valence-corrected chi connectivity index (χ0v) is 12.9. The number of nitrogens with two attached hydrogens (primary N) is 1. The van der Waals surface area contributed by atoms with Crippen LogP contribution in [0.15, 0.2) is 17.0 Å². The highest BCUT2D eigenvalue weighted by molar-refractivity contribution is 7.89. The van der Waals surface area contributed by atoms with E-state index < -0.39 is 10.0 Å². The topological polar surface area (TPSA) is 99.2 Å². The minimum Gasteiger partial charge on any atom is -0.383 e. The Bertz CT molecular complexity index is 623. The first-order valence-electron chi connectivity index (χ1n) is 5.90. The molecule has 0 radical (unpaired) electrons. The molecule has 3 N–H and O–H groups in total. The van der Waals surface area contributed by atoms with E-state index in [2.05, 4.69) is 5.32 Å². The summed E-state index contributed by atoms with van der Waals surface area (Å²) in [7, 11) is 0.0526. The van der Waals surface area contributed by atoms with Crippen LogP contribution in [0.3, 0.4) is 0 Å². The maximum atomic E-state index is 11.3. The number of nitrogens with one attached hydrogen (secondary N) is 1. The third-order valence-electron chi connectivity index (χ3n) is 2.60. The second kappa shape index (κ2) is 6.90. The number of hydrogen-bond acceptors (Lipinski definition) is 5. The fourth-order valence-electron chi connectivity index (χ4n) is 1.62. The van der Waals surface area contributed by atoms with E-state index in [1.807, 2.05) is 25.1 Å². The van der Waals surface area contributed by atoms with Crippen molar-refractivity contribution in [2.45, 2.75) is 11.3 Å². The average Bonchev–Trinajstić information content (AvgIpc) is 2.33. The highest BCUT2D eigenvalue weighted by atomic mass is 35.5. The fraction of sp³-hybridized carbons (Fsp3) is 0.417. The predicted molar refractivity (Wildman–Crippen MR) is 79.2 cm³/mol. The summed E-state index contributed by atoms with van der Waals surface area (Å²) < 4.78 is 22.6. The zero-order chi connectivity index (χ0) is 15.3. The number of rotatable bonds is 6. The van der Waals surface area contributed by atoms with Gasteiger partial charge in [-0.05, 0) is 39.2 Å². The Labute approximate surface area is 124 Å². The molecule has 110 valence electrons. The lowest BCUT2D eigenvalue weighted by Gasteiger charge is -2.13. The Kier molecular flexibility index (Phi) is 5.77. The van der Waals surface area contributed by atoms with Crippen LogP contribution in [0, 0.1) is 11.3 Å². The minimum absolute atomic E-state index is 0.159. The molecule has 0 amide bonds. The van der Waals surface area contributed by atoms with Crippen molar-refractivity contribution in [2.24, 2.45) is 5.14 Å². The Hall–Kier alpha value is -1.33. The third kappa shape index (κ3) is 4.65. The van der Waals surface area contributed by atoms with Crippen molar-refractivity contribution < 1.29 is 8.42 Å². The molecule has 0 saturated heterocycles. The lowest BCUT2D eigenvalue weighted by atomic mass is 10.2. The molecule has 0 bridgehead atoms. The van der Waals surface area contributed by atoms with E-state index in [4.69, 9.17) is 22.0 Å². The maximum Gasteiger partial charge on any atom is 0.238 e. The molecular formula is C12H17ClN4O2S. The summed E-state index contributed by atoms with van der Waals surface area (Å²) in [5, 5.41) is 17.3. The van der Waals surface area contributed by atoms with Gasteiger partial charge in [-0.3, -0.25) is 0 Å². The lowest BCUT2D eigenvalue weighted by Crippen LogP contribution is -2.17. The smallest absolute Gasteiger partial charge is 0.238 e. The largest absolute Gasteiger partial charge is 0.383 e. The summed E-state index contributed by atoms with van der Waals surface area (Å²) in [6.45, 7) is 1.52. The van der Waals surface area contributed by atoms with Gasteiger partial charge in [0.2, 0.25) is 10.0 Å². The van der Waals surface area contributed by atoms with Crippen LogP contribution in [0.5, 0.6) is 0 Å². The van der Waals surface area contributed by atoms with Crippen molar-refractivity contribution in [3.8, 4) is 6.07 Å². The van der Waals surface area contributed by atoms with Crippen LogP contribution in [0.1, 0.15) is 12.0 Å². The van der Waals surface area contributed by atoms with E-state index in [-0.39, 0.29) is 15.5 Å². The van der Waals surface area contributed by atoms with Gasteiger partial charge in [0.05, 0.1) is 21.2 Å². The van der Waals surface area contributed by atoms with Crippen molar-refractivity contribution in [1.29, 1.82) is 5.26 Å². The first-order chi connectivity index (χ1) is 9.25. The number of nitrogens with zero attached hydrogens (tertiary/aromatic N) is 2.